The fraction of sp³-hybridized carbons (Fsp3) is 0.462. The molecule has 1 aliphatic heterocycles. The van der Waals surface area contributed by atoms with Gasteiger partial charge in [0.05, 0.1) is 10.9 Å². The van der Waals surface area contributed by atoms with Gasteiger partial charge in [0, 0.05) is 11.9 Å². The van der Waals surface area contributed by atoms with Gasteiger partial charge in [-0.2, -0.15) is 0 Å². The molecule has 5 nitrogen and oxygen atoms in total. The number of anilines is 1. The number of piperidine rings is 1. The number of sulfone groups is 1. The summed E-state index contributed by atoms with van der Waals surface area (Å²) in [5, 5.41) is 5.91. The number of carbonyl (C=O) groups excluding carboxylic acids is 1. The molecule has 104 valence electrons. The van der Waals surface area contributed by atoms with Crippen LogP contribution in [-0.4, -0.2) is 33.2 Å². The Bertz CT molecular complexity index is 563. The molecule has 1 aromatic carbocycles. The lowest BCUT2D eigenvalue weighted by Gasteiger charge is -2.22. The predicted molar refractivity (Wildman–Crippen MR) is 73.8 cm³/mol. The summed E-state index contributed by atoms with van der Waals surface area (Å²) >= 11 is 0. The Kier molecular flexibility index (Phi) is 4.21. The highest BCUT2D eigenvalue weighted by molar-refractivity contribution is 7.90. The zero-order valence-electron chi connectivity index (χ0n) is 10.8. The van der Waals surface area contributed by atoms with Crippen LogP contribution in [0.3, 0.4) is 0 Å². The fourth-order valence-corrected chi connectivity index (χ4v) is 2.78. The van der Waals surface area contributed by atoms with Crippen molar-refractivity contribution in [3.05, 3.63) is 24.3 Å². The van der Waals surface area contributed by atoms with Crippen molar-refractivity contribution in [1.29, 1.82) is 0 Å². The highest BCUT2D eigenvalue weighted by Gasteiger charge is 2.20. The van der Waals surface area contributed by atoms with Gasteiger partial charge in [-0.1, -0.05) is 12.5 Å². The van der Waals surface area contributed by atoms with Gasteiger partial charge in [0.15, 0.2) is 9.84 Å². The third kappa shape index (κ3) is 3.78. The summed E-state index contributed by atoms with van der Waals surface area (Å²) in [5.41, 5.74) is 0.514. The standard InChI is InChI=1S/C13H18N2O3S/c1-19(17,18)11-6-4-5-10(9-11)15-13(16)12-7-2-3-8-14-12/h4-6,9,12,14H,2-3,7-8H2,1H3,(H,15,16)/t12-/m1/s1. The summed E-state index contributed by atoms with van der Waals surface area (Å²) in [7, 11) is -3.25. The van der Waals surface area contributed by atoms with E-state index in [0.29, 0.717) is 5.69 Å². The molecule has 0 saturated carbocycles. The average molecular weight is 282 g/mol. The molecule has 1 atom stereocenters. The van der Waals surface area contributed by atoms with E-state index >= 15 is 0 Å². The second kappa shape index (κ2) is 5.71. The van der Waals surface area contributed by atoms with Crippen LogP contribution in [0, 0.1) is 0 Å². The third-order valence-electron chi connectivity index (χ3n) is 3.16. The van der Waals surface area contributed by atoms with Gasteiger partial charge < -0.3 is 10.6 Å². The molecule has 0 aromatic heterocycles. The number of carbonyl (C=O) groups is 1. The van der Waals surface area contributed by atoms with Gasteiger partial charge in [-0.25, -0.2) is 8.42 Å². The smallest absolute Gasteiger partial charge is 0.241 e. The van der Waals surface area contributed by atoms with Crippen molar-refractivity contribution in [1.82, 2.24) is 5.32 Å². The molecule has 0 radical (unpaired) electrons. The zero-order valence-corrected chi connectivity index (χ0v) is 11.7. The van der Waals surface area contributed by atoms with Gasteiger partial charge in [-0.3, -0.25) is 4.79 Å². The molecule has 2 rings (SSSR count). The second-order valence-corrected chi connectivity index (χ2v) is 6.81. The minimum absolute atomic E-state index is 0.106. The average Bonchev–Trinajstić information content (AvgIpc) is 2.39. The Balaban J connectivity index is 2.08. The van der Waals surface area contributed by atoms with Crippen molar-refractivity contribution >= 4 is 21.4 Å². The van der Waals surface area contributed by atoms with Crippen molar-refractivity contribution in [3.63, 3.8) is 0 Å². The molecule has 0 unspecified atom stereocenters. The van der Waals surface area contributed by atoms with Gasteiger partial charge in [-0.05, 0) is 37.6 Å². The van der Waals surface area contributed by atoms with Crippen molar-refractivity contribution in [3.8, 4) is 0 Å². The number of rotatable bonds is 3. The van der Waals surface area contributed by atoms with Crippen LogP contribution in [-0.2, 0) is 14.6 Å². The van der Waals surface area contributed by atoms with E-state index in [1.54, 1.807) is 12.1 Å². The first-order valence-corrected chi connectivity index (χ1v) is 8.20. The first kappa shape index (κ1) is 14.0. The largest absolute Gasteiger partial charge is 0.325 e. The summed E-state index contributed by atoms with van der Waals surface area (Å²) in [6.07, 6.45) is 4.09. The molecular formula is C13H18N2O3S. The van der Waals surface area contributed by atoms with Crippen LogP contribution in [0.1, 0.15) is 19.3 Å². The number of hydrogen-bond donors (Lipinski definition) is 2. The molecule has 1 saturated heterocycles. The SMILES string of the molecule is CS(=O)(=O)c1cccc(NC(=O)[C@H]2CCCCN2)c1. The summed E-state index contributed by atoms with van der Waals surface area (Å²) < 4.78 is 22.9. The molecule has 0 aliphatic carbocycles. The van der Waals surface area contributed by atoms with Crippen LogP contribution in [0.25, 0.3) is 0 Å². The van der Waals surface area contributed by atoms with Crippen molar-refractivity contribution < 1.29 is 13.2 Å². The van der Waals surface area contributed by atoms with E-state index in [4.69, 9.17) is 0 Å². The minimum Gasteiger partial charge on any atom is -0.325 e. The molecule has 1 aromatic rings. The quantitative estimate of drug-likeness (QED) is 0.872. The van der Waals surface area contributed by atoms with Crippen LogP contribution >= 0.6 is 0 Å². The van der Waals surface area contributed by atoms with Gasteiger partial charge in [-0.15, -0.1) is 0 Å². The van der Waals surface area contributed by atoms with E-state index in [-0.39, 0.29) is 16.8 Å². The van der Waals surface area contributed by atoms with Crippen LogP contribution < -0.4 is 10.6 Å². The summed E-state index contributed by atoms with van der Waals surface area (Å²) in [4.78, 5) is 12.2. The Morgan fingerprint density at radius 2 is 2.16 bits per heavy atom. The molecule has 1 amide bonds. The predicted octanol–water partition coefficient (Wildman–Crippen LogP) is 1.17. The molecule has 1 aliphatic rings. The minimum atomic E-state index is -3.25. The molecule has 0 bridgehead atoms. The lowest BCUT2D eigenvalue weighted by atomic mass is 10.0. The number of benzene rings is 1. The monoisotopic (exact) mass is 282 g/mol. The Hall–Kier alpha value is -1.40. The van der Waals surface area contributed by atoms with E-state index in [0.717, 1.165) is 32.1 Å². The van der Waals surface area contributed by atoms with Gasteiger partial charge >= 0.3 is 0 Å². The first-order valence-electron chi connectivity index (χ1n) is 6.31. The van der Waals surface area contributed by atoms with Gasteiger partial charge in [0.25, 0.3) is 0 Å². The Labute approximate surface area is 113 Å². The fourth-order valence-electron chi connectivity index (χ4n) is 2.11. The zero-order chi connectivity index (χ0) is 13.9. The number of amides is 1. The summed E-state index contributed by atoms with van der Waals surface area (Å²) in [6, 6.07) is 6.13. The van der Waals surface area contributed by atoms with E-state index in [1.807, 2.05) is 0 Å². The van der Waals surface area contributed by atoms with Crippen molar-refractivity contribution in [2.24, 2.45) is 0 Å². The van der Waals surface area contributed by atoms with E-state index in [9.17, 15) is 13.2 Å². The summed E-state index contributed by atoms with van der Waals surface area (Å²) in [6.45, 7) is 0.849. The van der Waals surface area contributed by atoms with E-state index < -0.39 is 9.84 Å². The molecule has 1 heterocycles. The number of hydrogen-bond acceptors (Lipinski definition) is 4. The molecule has 2 N–H and O–H groups in total. The van der Waals surface area contributed by atoms with Crippen LogP contribution in [0.15, 0.2) is 29.2 Å². The maximum Gasteiger partial charge on any atom is 0.241 e. The first-order chi connectivity index (χ1) is 8.97. The maximum atomic E-state index is 12.0. The summed E-state index contributed by atoms with van der Waals surface area (Å²) in [5.74, 6) is -0.106. The van der Waals surface area contributed by atoms with Crippen LogP contribution in [0.2, 0.25) is 0 Å². The number of nitrogens with one attached hydrogen (secondary N) is 2. The normalized spacial score (nSPS) is 19.9. The highest BCUT2D eigenvalue weighted by atomic mass is 32.2. The molecule has 0 spiro atoms. The Morgan fingerprint density at radius 3 is 2.79 bits per heavy atom. The maximum absolute atomic E-state index is 12.0. The molecular weight excluding hydrogens is 264 g/mol. The second-order valence-electron chi connectivity index (χ2n) is 4.79. The van der Waals surface area contributed by atoms with E-state index in [2.05, 4.69) is 10.6 Å². The Morgan fingerprint density at radius 1 is 1.37 bits per heavy atom. The van der Waals surface area contributed by atoms with Gasteiger partial charge in [0.1, 0.15) is 0 Å². The third-order valence-corrected chi connectivity index (χ3v) is 4.27. The van der Waals surface area contributed by atoms with Crippen LogP contribution in [0.4, 0.5) is 5.69 Å². The van der Waals surface area contributed by atoms with E-state index in [1.165, 1.54) is 12.1 Å². The van der Waals surface area contributed by atoms with Crippen molar-refractivity contribution in [2.75, 3.05) is 18.1 Å². The lowest BCUT2D eigenvalue weighted by Crippen LogP contribution is -2.43. The van der Waals surface area contributed by atoms with Gasteiger partial charge in [0.2, 0.25) is 5.91 Å². The molecule has 1 fully saturated rings. The highest BCUT2D eigenvalue weighted by Crippen LogP contribution is 2.16. The van der Waals surface area contributed by atoms with Crippen LogP contribution in [0.5, 0.6) is 0 Å². The van der Waals surface area contributed by atoms with Crippen molar-refractivity contribution in [2.45, 2.75) is 30.2 Å². The lowest BCUT2D eigenvalue weighted by molar-refractivity contribution is -0.118. The topological polar surface area (TPSA) is 75.3 Å². The molecule has 19 heavy (non-hydrogen) atoms. The molecule has 6 heteroatoms.